The van der Waals surface area contributed by atoms with Gasteiger partial charge < -0.3 is 15.1 Å². The maximum Gasteiger partial charge on any atom is 0.193 e. The molecule has 1 atom stereocenters. The van der Waals surface area contributed by atoms with Crippen LogP contribution in [0, 0.1) is 11.3 Å². The summed E-state index contributed by atoms with van der Waals surface area (Å²) in [6, 6.07) is 0. The second-order valence-electron chi connectivity index (χ2n) is 7.41. The van der Waals surface area contributed by atoms with Crippen LogP contribution in [0.25, 0.3) is 0 Å². The Kier molecular flexibility index (Phi) is 4.72. The highest BCUT2D eigenvalue weighted by molar-refractivity contribution is 5.80. The lowest BCUT2D eigenvalue weighted by Crippen LogP contribution is -2.44. The number of rotatable bonds is 4. The quantitative estimate of drug-likeness (QED) is 0.636. The summed E-state index contributed by atoms with van der Waals surface area (Å²) in [6.45, 7) is 9.62. The van der Waals surface area contributed by atoms with Gasteiger partial charge in [0.25, 0.3) is 0 Å². The highest BCUT2D eigenvalue weighted by Gasteiger charge is 2.43. The van der Waals surface area contributed by atoms with Crippen LogP contribution in [0.2, 0.25) is 0 Å². The minimum atomic E-state index is 0.656. The van der Waals surface area contributed by atoms with Crippen molar-refractivity contribution in [3.05, 3.63) is 0 Å². The third-order valence-corrected chi connectivity index (χ3v) is 5.82. The Morgan fingerprint density at radius 1 is 1.29 bits per heavy atom. The molecule has 1 N–H and O–H groups in total. The molecule has 3 fully saturated rings. The molecule has 1 saturated carbocycles. The van der Waals surface area contributed by atoms with Gasteiger partial charge in [0.15, 0.2) is 5.96 Å². The molecule has 120 valence electrons. The fraction of sp³-hybridized carbons (Fsp3) is 0.941. The fourth-order valence-electron chi connectivity index (χ4n) is 4.37. The van der Waals surface area contributed by atoms with Crippen molar-refractivity contribution in [2.75, 3.05) is 46.3 Å². The summed E-state index contributed by atoms with van der Waals surface area (Å²) >= 11 is 0. The molecule has 2 saturated heterocycles. The van der Waals surface area contributed by atoms with Crippen molar-refractivity contribution in [2.24, 2.45) is 16.3 Å². The number of likely N-dealkylation sites (tertiary alicyclic amines) is 2. The second kappa shape index (κ2) is 6.55. The van der Waals surface area contributed by atoms with Gasteiger partial charge in [-0.1, -0.05) is 13.3 Å². The van der Waals surface area contributed by atoms with Crippen molar-refractivity contribution in [1.29, 1.82) is 0 Å². The Morgan fingerprint density at radius 2 is 2.14 bits per heavy atom. The van der Waals surface area contributed by atoms with E-state index in [1.54, 1.807) is 0 Å². The van der Waals surface area contributed by atoms with Crippen molar-refractivity contribution in [3.8, 4) is 0 Å². The predicted molar refractivity (Wildman–Crippen MR) is 88.7 cm³/mol. The summed E-state index contributed by atoms with van der Waals surface area (Å²) in [7, 11) is 1.94. The van der Waals surface area contributed by atoms with E-state index in [0.717, 1.165) is 18.4 Å². The molecule has 2 heterocycles. The Bertz CT molecular complexity index is 375. The largest absolute Gasteiger partial charge is 0.356 e. The zero-order valence-corrected chi connectivity index (χ0v) is 13.9. The number of hydrogen-bond acceptors (Lipinski definition) is 2. The molecular weight excluding hydrogens is 260 g/mol. The van der Waals surface area contributed by atoms with Gasteiger partial charge in [0.2, 0.25) is 0 Å². The topological polar surface area (TPSA) is 30.9 Å². The highest BCUT2D eigenvalue weighted by atomic mass is 15.3. The smallest absolute Gasteiger partial charge is 0.193 e. The van der Waals surface area contributed by atoms with Gasteiger partial charge in [0.1, 0.15) is 0 Å². The first kappa shape index (κ1) is 15.1. The summed E-state index contributed by atoms with van der Waals surface area (Å²) in [4.78, 5) is 9.63. The summed E-state index contributed by atoms with van der Waals surface area (Å²) < 4.78 is 0. The second-order valence-corrected chi connectivity index (χ2v) is 7.41. The molecule has 1 unspecified atom stereocenters. The van der Waals surface area contributed by atoms with E-state index in [1.807, 2.05) is 7.05 Å². The lowest BCUT2D eigenvalue weighted by Gasteiger charge is -2.38. The van der Waals surface area contributed by atoms with Gasteiger partial charge in [-0.2, -0.15) is 0 Å². The summed E-state index contributed by atoms with van der Waals surface area (Å²) in [5.41, 5.74) is 0.656. The first-order chi connectivity index (χ1) is 10.2. The lowest BCUT2D eigenvalue weighted by molar-refractivity contribution is 0.151. The van der Waals surface area contributed by atoms with Gasteiger partial charge >= 0.3 is 0 Å². The van der Waals surface area contributed by atoms with Crippen LogP contribution in [0.4, 0.5) is 0 Å². The molecule has 0 aromatic rings. The zero-order chi connectivity index (χ0) is 14.7. The van der Waals surface area contributed by atoms with Crippen molar-refractivity contribution >= 4 is 5.96 Å². The molecule has 0 aromatic carbocycles. The molecule has 4 nitrogen and oxygen atoms in total. The third-order valence-electron chi connectivity index (χ3n) is 5.82. The van der Waals surface area contributed by atoms with Crippen LogP contribution in [0.1, 0.15) is 45.4 Å². The molecule has 3 rings (SSSR count). The Balaban J connectivity index is 1.43. The molecule has 0 radical (unpaired) electrons. The van der Waals surface area contributed by atoms with Crippen LogP contribution < -0.4 is 5.32 Å². The van der Waals surface area contributed by atoms with Crippen LogP contribution in [-0.4, -0.2) is 62.1 Å². The molecule has 3 aliphatic rings. The van der Waals surface area contributed by atoms with Gasteiger partial charge in [-0.05, 0) is 56.5 Å². The normalized spacial score (nSPS) is 29.1. The number of nitrogens with one attached hydrogen (secondary N) is 1. The average molecular weight is 292 g/mol. The van der Waals surface area contributed by atoms with Crippen molar-refractivity contribution < 1.29 is 0 Å². The van der Waals surface area contributed by atoms with Crippen LogP contribution >= 0.6 is 0 Å². The Hall–Kier alpha value is -0.770. The van der Waals surface area contributed by atoms with E-state index in [-0.39, 0.29) is 0 Å². The lowest BCUT2D eigenvalue weighted by atomic mass is 9.68. The number of aliphatic imine (C=N–C) groups is 1. The predicted octanol–water partition coefficient (Wildman–Crippen LogP) is 2.17. The maximum absolute atomic E-state index is 4.53. The van der Waals surface area contributed by atoms with Crippen LogP contribution in [0.15, 0.2) is 4.99 Å². The Labute approximate surface area is 130 Å². The van der Waals surface area contributed by atoms with Crippen LogP contribution in [0.3, 0.4) is 0 Å². The van der Waals surface area contributed by atoms with Crippen molar-refractivity contribution in [3.63, 3.8) is 0 Å². The third kappa shape index (κ3) is 3.36. The van der Waals surface area contributed by atoms with Gasteiger partial charge in [-0.3, -0.25) is 4.99 Å². The highest BCUT2D eigenvalue weighted by Crippen LogP contribution is 2.47. The molecular formula is C17H32N4. The standard InChI is InChI=1S/C17H32N4/c1-3-9-20-10-5-15(13-20)12-19-16(18-2)21-11-8-17(14-21)6-4-7-17/h15H,3-14H2,1-2H3,(H,18,19). The van der Waals surface area contributed by atoms with Gasteiger partial charge in [0.05, 0.1) is 0 Å². The molecule has 21 heavy (non-hydrogen) atoms. The average Bonchev–Trinajstić information content (AvgIpc) is 3.07. The molecule has 4 heteroatoms. The first-order valence-electron chi connectivity index (χ1n) is 8.93. The first-order valence-corrected chi connectivity index (χ1v) is 8.93. The fourth-order valence-corrected chi connectivity index (χ4v) is 4.37. The van der Waals surface area contributed by atoms with Gasteiger partial charge in [-0.15, -0.1) is 0 Å². The van der Waals surface area contributed by atoms with E-state index >= 15 is 0 Å². The van der Waals surface area contributed by atoms with E-state index in [0.29, 0.717) is 5.41 Å². The monoisotopic (exact) mass is 292 g/mol. The SMILES string of the molecule is CCCN1CCC(CNC(=NC)N2CCC3(CCC3)C2)C1. The van der Waals surface area contributed by atoms with Crippen LogP contribution in [0.5, 0.6) is 0 Å². The number of hydrogen-bond donors (Lipinski definition) is 1. The zero-order valence-electron chi connectivity index (χ0n) is 13.9. The van der Waals surface area contributed by atoms with Gasteiger partial charge in [-0.25, -0.2) is 0 Å². The summed E-state index contributed by atoms with van der Waals surface area (Å²) in [5, 5.41) is 3.65. The molecule has 0 bridgehead atoms. The van der Waals surface area contributed by atoms with E-state index in [4.69, 9.17) is 0 Å². The van der Waals surface area contributed by atoms with E-state index in [9.17, 15) is 0 Å². The molecule has 0 amide bonds. The van der Waals surface area contributed by atoms with Gasteiger partial charge in [0, 0.05) is 33.2 Å². The summed E-state index contributed by atoms with van der Waals surface area (Å²) in [6.07, 6.45) is 8.31. The molecule has 1 spiro atoms. The maximum atomic E-state index is 4.53. The minimum absolute atomic E-state index is 0.656. The summed E-state index contributed by atoms with van der Waals surface area (Å²) in [5.74, 6) is 1.95. The number of guanidine groups is 1. The van der Waals surface area contributed by atoms with E-state index in [2.05, 4.69) is 27.0 Å². The number of nitrogens with zero attached hydrogens (tertiary/aromatic N) is 3. The molecule has 1 aliphatic carbocycles. The van der Waals surface area contributed by atoms with Crippen molar-refractivity contribution in [1.82, 2.24) is 15.1 Å². The van der Waals surface area contributed by atoms with Crippen LogP contribution in [-0.2, 0) is 0 Å². The van der Waals surface area contributed by atoms with E-state index < -0.39 is 0 Å². The van der Waals surface area contributed by atoms with Crippen molar-refractivity contribution in [2.45, 2.75) is 45.4 Å². The molecule has 2 aliphatic heterocycles. The van der Waals surface area contributed by atoms with E-state index in [1.165, 1.54) is 71.2 Å². The minimum Gasteiger partial charge on any atom is -0.356 e. The molecule has 0 aromatic heterocycles. The Morgan fingerprint density at radius 3 is 2.76 bits per heavy atom.